The lowest BCUT2D eigenvalue weighted by atomic mass is 9.94. The Bertz CT molecular complexity index is 815. The van der Waals surface area contributed by atoms with Crippen LogP contribution in [0.15, 0.2) is 24.3 Å². The first-order valence-electron chi connectivity index (χ1n) is 9.76. The van der Waals surface area contributed by atoms with Crippen LogP contribution < -0.4 is 11.1 Å². The predicted octanol–water partition coefficient (Wildman–Crippen LogP) is 1.89. The zero-order valence-corrected chi connectivity index (χ0v) is 16.8. The SMILES string of the molecule is Cc1ccc(CNC(=O)C2CCN(C(=O)[C@H](N)c3c(C)n[nH]c3C)CC2)cc1. The van der Waals surface area contributed by atoms with Crippen molar-refractivity contribution in [2.75, 3.05) is 13.1 Å². The summed E-state index contributed by atoms with van der Waals surface area (Å²) in [6, 6.07) is 7.41. The van der Waals surface area contributed by atoms with Crippen LogP contribution in [0.4, 0.5) is 0 Å². The van der Waals surface area contributed by atoms with E-state index < -0.39 is 6.04 Å². The molecule has 3 rings (SSSR count). The molecule has 7 nitrogen and oxygen atoms in total. The minimum atomic E-state index is -0.717. The van der Waals surface area contributed by atoms with Crippen molar-refractivity contribution in [1.82, 2.24) is 20.4 Å². The van der Waals surface area contributed by atoms with Crippen LogP contribution in [-0.2, 0) is 16.1 Å². The molecule has 1 atom stereocenters. The molecule has 0 saturated carbocycles. The fraction of sp³-hybridized carbons (Fsp3) is 0.476. The van der Waals surface area contributed by atoms with E-state index in [9.17, 15) is 9.59 Å². The van der Waals surface area contributed by atoms with E-state index in [0.717, 1.165) is 22.5 Å². The van der Waals surface area contributed by atoms with Crippen molar-refractivity contribution in [3.63, 3.8) is 0 Å². The maximum absolute atomic E-state index is 12.8. The van der Waals surface area contributed by atoms with E-state index in [-0.39, 0.29) is 17.7 Å². The number of amides is 2. The van der Waals surface area contributed by atoms with Gasteiger partial charge >= 0.3 is 0 Å². The van der Waals surface area contributed by atoms with Gasteiger partial charge in [0.1, 0.15) is 6.04 Å². The monoisotopic (exact) mass is 383 g/mol. The van der Waals surface area contributed by atoms with Crippen molar-refractivity contribution >= 4 is 11.8 Å². The topological polar surface area (TPSA) is 104 Å². The van der Waals surface area contributed by atoms with Gasteiger partial charge in [0, 0.05) is 36.8 Å². The van der Waals surface area contributed by atoms with Crippen molar-refractivity contribution in [2.45, 2.75) is 46.2 Å². The molecule has 2 aromatic rings. The molecule has 2 amide bonds. The smallest absolute Gasteiger partial charge is 0.244 e. The molecule has 1 fully saturated rings. The molecule has 1 aliphatic rings. The van der Waals surface area contributed by atoms with Crippen molar-refractivity contribution in [1.29, 1.82) is 0 Å². The van der Waals surface area contributed by atoms with Crippen LogP contribution in [0.25, 0.3) is 0 Å². The fourth-order valence-electron chi connectivity index (χ4n) is 3.74. The Kier molecular flexibility index (Phi) is 6.14. The first-order valence-corrected chi connectivity index (χ1v) is 9.76. The van der Waals surface area contributed by atoms with Gasteiger partial charge in [0.05, 0.1) is 5.69 Å². The van der Waals surface area contributed by atoms with E-state index in [1.807, 2.05) is 45.0 Å². The van der Waals surface area contributed by atoms with Crippen LogP contribution in [0, 0.1) is 26.7 Å². The molecule has 2 heterocycles. The molecule has 4 N–H and O–H groups in total. The van der Waals surface area contributed by atoms with Gasteiger partial charge in [-0.1, -0.05) is 29.8 Å². The van der Waals surface area contributed by atoms with Gasteiger partial charge in [0.25, 0.3) is 0 Å². The number of carbonyl (C=O) groups excluding carboxylic acids is 2. The van der Waals surface area contributed by atoms with Gasteiger partial charge in [-0.15, -0.1) is 0 Å². The summed E-state index contributed by atoms with van der Waals surface area (Å²) in [6.07, 6.45) is 1.31. The van der Waals surface area contributed by atoms with E-state index in [2.05, 4.69) is 15.5 Å². The fourth-order valence-corrected chi connectivity index (χ4v) is 3.74. The molecule has 7 heteroatoms. The van der Waals surface area contributed by atoms with Gasteiger partial charge in [0.2, 0.25) is 11.8 Å². The van der Waals surface area contributed by atoms with Crippen LogP contribution >= 0.6 is 0 Å². The second kappa shape index (κ2) is 8.56. The number of carbonyl (C=O) groups is 2. The molecule has 1 aromatic heterocycles. The minimum Gasteiger partial charge on any atom is -0.352 e. The first-order chi connectivity index (χ1) is 13.4. The molecule has 0 spiro atoms. The lowest BCUT2D eigenvalue weighted by molar-refractivity contribution is -0.136. The third-order valence-corrected chi connectivity index (χ3v) is 5.53. The summed E-state index contributed by atoms with van der Waals surface area (Å²) in [6.45, 7) is 7.38. The zero-order chi connectivity index (χ0) is 20.3. The number of nitrogens with one attached hydrogen (secondary N) is 2. The van der Waals surface area contributed by atoms with E-state index in [1.165, 1.54) is 5.56 Å². The lowest BCUT2D eigenvalue weighted by Gasteiger charge is -2.33. The summed E-state index contributed by atoms with van der Waals surface area (Å²) in [5, 5.41) is 10.0. The number of aryl methyl sites for hydroxylation is 3. The quantitative estimate of drug-likeness (QED) is 0.733. The van der Waals surface area contributed by atoms with E-state index >= 15 is 0 Å². The highest BCUT2D eigenvalue weighted by Crippen LogP contribution is 2.23. The average Bonchev–Trinajstić information content (AvgIpc) is 3.04. The summed E-state index contributed by atoms with van der Waals surface area (Å²) < 4.78 is 0. The Morgan fingerprint density at radius 3 is 2.43 bits per heavy atom. The standard InChI is InChI=1S/C21H29N5O2/c1-13-4-6-16(7-5-13)12-23-20(27)17-8-10-26(11-9-17)21(28)19(22)18-14(2)24-25-15(18)3/h4-7,17,19H,8-12,22H2,1-3H3,(H,23,27)(H,24,25)/t19-/m1/s1. The highest BCUT2D eigenvalue weighted by Gasteiger charge is 2.31. The molecular weight excluding hydrogens is 354 g/mol. The highest BCUT2D eigenvalue weighted by molar-refractivity contribution is 5.84. The molecule has 1 saturated heterocycles. The van der Waals surface area contributed by atoms with Gasteiger partial charge in [-0.05, 0) is 39.2 Å². The van der Waals surface area contributed by atoms with Gasteiger partial charge in [0.15, 0.2) is 0 Å². The number of nitrogens with zero attached hydrogens (tertiary/aromatic N) is 2. The van der Waals surface area contributed by atoms with Crippen molar-refractivity contribution in [3.05, 3.63) is 52.3 Å². The second-order valence-electron chi connectivity index (χ2n) is 7.63. The van der Waals surface area contributed by atoms with Gasteiger partial charge < -0.3 is 16.0 Å². The molecule has 1 aromatic carbocycles. The summed E-state index contributed by atoms with van der Waals surface area (Å²) in [5.74, 6) is -0.118. The number of nitrogens with two attached hydrogens (primary N) is 1. The number of likely N-dealkylation sites (tertiary alicyclic amines) is 1. The number of aromatic amines is 1. The van der Waals surface area contributed by atoms with Gasteiger partial charge in [-0.2, -0.15) is 5.10 Å². The lowest BCUT2D eigenvalue weighted by Crippen LogP contribution is -2.46. The number of rotatable bonds is 5. The van der Waals surface area contributed by atoms with Gasteiger partial charge in [-0.3, -0.25) is 14.7 Å². The molecule has 0 aliphatic carbocycles. The molecule has 0 bridgehead atoms. The molecule has 150 valence electrons. The predicted molar refractivity (Wildman–Crippen MR) is 107 cm³/mol. The van der Waals surface area contributed by atoms with E-state index in [1.54, 1.807) is 4.90 Å². The third-order valence-electron chi connectivity index (χ3n) is 5.53. The Labute approximate surface area is 165 Å². The first kappa shape index (κ1) is 20.1. The highest BCUT2D eigenvalue weighted by atomic mass is 16.2. The van der Waals surface area contributed by atoms with E-state index in [4.69, 9.17) is 5.73 Å². The molecule has 0 radical (unpaired) electrons. The summed E-state index contributed by atoms with van der Waals surface area (Å²) in [5.41, 5.74) is 10.8. The van der Waals surface area contributed by atoms with Crippen LogP contribution in [0.3, 0.4) is 0 Å². The third kappa shape index (κ3) is 4.42. The van der Waals surface area contributed by atoms with Gasteiger partial charge in [-0.25, -0.2) is 0 Å². The average molecular weight is 383 g/mol. The number of H-pyrrole nitrogens is 1. The normalized spacial score (nSPS) is 16.1. The summed E-state index contributed by atoms with van der Waals surface area (Å²) in [7, 11) is 0. The van der Waals surface area contributed by atoms with Crippen molar-refractivity contribution < 1.29 is 9.59 Å². The maximum atomic E-state index is 12.8. The minimum absolute atomic E-state index is 0.0542. The Balaban J connectivity index is 1.50. The number of hydrogen-bond donors (Lipinski definition) is 3. The zero-order valence-electron chi connectivity index (χ0n) is 16.8. The van der Waals surface area contributed by atoms with Crippen LogP contribution in [0.1, 0.15) is 47.0 Å². The van der Waals surface area contributed by atoms with Crippen LogP contribution in [0.5, 0.6) is 0 Å². The number of hydrogen-bond acceptors (Lipinski definition) is 4. The van der Waals surface area contributed by atoms with Crippen molar-refractivity contribution in [3.8, 4) is 0 Å². The second-order valence-corrected chi connectivity index (χ2v) is 7.63. The summed E-state index contributed by atoms with van der Waals surface area (Å²) >= 11 is 0. The number of aromatic nitrogens is 2. The summed E-state index contributed by atoms with van der Waals surface area (Å²) in [4.78, 5) is 27.0. The molecular formula is C21H29N5O2. The molecule has 0 unspecified atom stereocenters. The Morgan fingerprint density at radius 1 is 1.21 bits per heavy atom. The van der Waals surface area contributed by atoms with Crippen molar-refractivity contribution in [2.24, 2.45) is 11.7 Å². The number of benzene rings is 1. The van der Waals surface area contributed by atoms with Crippen LogP contribution in [0.2, 0.25) is 0 Å². The van der Waals surface area contributed by atoms with Crippen LogP contribution in [-0.4, -0.2) is 40.0 Å². The molecule has 1 aliphatic heterocycles. The largest absolute Gasteiger partial charge is 0.352 e. The Hall–Kier alpha value is -2.67. The van der Waals surface area contributed by atoms with E-state index in [0.29, 0.717) is 32.5 Å². The molecule has 28 heavy (non-hydrogen) atoms. The Morgan fingerprint density at radius 2 is 1.86 bits per heavy atom. The maximum Gasteiger partial charge on any atom is 0.244 e. The number of piperidine rings is 1.